The fourth-order valence-corrected chi connectivity index (χ4v) is 1.71. The third kappa shape index (κ3) is 6.10. The van der Waals surface area contributed by atoms with Gasteiger partial charge >= 0.3 is 0 Å². The number of β-amino-alcohol motifs (C(OH)–C–C–N with tert-alkyl or cyclic N) is 1. The van der Waals surface area contributed by atoms with Crippen molar-refractivity contribution in [2.45, 2.75) is 32.8 Å². The molecule has 0 aliphatic carbocycles. The molecule has 1 rings (SSSR count). The van der Waals surface area contributed by atoms with Gasteiger partial charge in [-0.3, -0.25) is 0 Å². The Labute approximate surface area is 92.6 Å². The lowest BCUT2D eigenvalue weighted by Gasteiger charge is -2.19. The first kappa shape index (κ1) is 12.9. The van der Waals surface area contributed by atoms with Crippen molar-refractivity contribution < 1.29 is 9.94 Å². The van der Waals surface area contributed by atoms with Gasteiger partial charge < -0.3 is 14.8 Å². The maximum atomic E-state index is 9.69. The van der Waals surface area contributed by atoms with Gasteiger partial charge in [-0.1, -0.05) is 13.8 Å². The van der Waals surface area contributed by atoms with Crippen LogP contribution in [0.3, 0.4) is 0 Å². The number of nitrogens with zero attached hydrogens (tertiary/aromatic N) is 1. The molecule has 0 aromatic carbocycles. The van der Waals surface area contributed by atoms with Crippen LogP contribution in [0.5, 0.6) is 0 Å². The van der Waals surface area contributed by atoms with Crippen LogP contribution in [-0.2, 0) is 4.84 Å². The molecule has 1 aliphatic rings. The summed E-state index contributed by atoms with van der Waals surface area (Å²) in [5.41, 5.74) is 2.81. The summed E-state index contributed by atoms with van der Waals surface area (Å²) in [6, 6.07) is 0. The highest BCUT2D eigenvalue weighted by atomic mass is 16.6. The molecule has 0 aromatic heterocycles. The van der Waals surface area contributed by atoms with E-state index < -0.39 is 0 Å². The lowest BCUT2D eigenvalue weighted by atomic mass is 10.2. The number of hydrogen-bond donors (Lipinski definition) is 2. The Morgan fingerprint density at radius 1 is 1.33 bits per heavy atom. The zero-order chi connectivity index (χ0) is 11.1. The van der Waals surface area contributed by atoms with Gasteiger partial charge in [-0.25, -0.2) is 0 Å². The lowest BCUT2D eigenvalue weighted by molar-refractivity contribution is -0.00444. The van der Waals surface area contributed by atoms with Crippen LogP contribution >= 0.6 is 0 Å². The molecule has 90 valence electrons. The summed E-state index contributed by atoms with van der Waals surface area (Å²) in [7, 11) is 0. The van der Waals surface area contributed by atoms with E-state index in [1.54, 1.807) is 0 Å². The molecule has 1 fully saturated rings. The molecule has 4 heteroatoms. The molecule has 15 heavy (non-hydrogen) atoms. The second-order valence-electron chi connectivity index (χ2n) is 4.71. The van der Waals surface area contributed by atoms with Gasteiger partial charge in [0.15, 0.2) is 0 Å². The highest BCUT2D eigenvalue weighted by molar-refractivity contribution is 4.70. The maximum absolute atomic E-state index is 9.69. The average molecular weight is 216 g/mol. The lowest BCUT2D eigenvalue weighted by Crippen LogP contribution is -2.37. The summed E-state index contributed by atoms with van der Waals surface area (Å²) >= 11 is 0. The largest absolute Gasteiger partial charge is 0.390 e. The minimum atomic E-state index is -0.324. The number of nitrogens with one attached hydrogen (secondary N) is 1. The molecule has 0 radical (unpaired) electrons. The molecule has 0 amide bonds. The average Bonchev–Trinajstić information content (AvgIpc) is 2.64. The number of hydrogen-bond acceptors (Lipinski definition) is 4. The van der Waals surface area contributed by atoms with Gasteiger partial charge in [0.2, 0.25) is 0 Å². The Bertz CT molecular complexity index is 159. The molecule has 1 atom stereocenters. The second kappa shape index (κ2) is 7.17. The van der Waals surface area contributed by atoms with Crippen molar-refractivity contribution >= 4 is 0 Å². The summed E-state index contributed by atoms with van der Waals surface area (Å²) in [4.78, 5) is 7.50. The Hall–Kier alpha value is -0.160. The number of rotatable bonds is 7. The Morgan fingerprint density at radius 2 is 2.00 bits per heavy atom. The quantitative estimate of drug-likeness (QED) is 0.484. The molecule has 2 N–H and O–H groups in total. The summed E-state index contributed by atoms with van der Waals surface area (Å²) < 4.78 is 0. The van der Waals surface area contributed by atoms with Gasteiger partial charge in [-0.2, -0.15) is 5.48 Å². The van der Waals surface area contributed by atoms with Crippen molar-refractivity contribution in [2.24, 2.45) is 5.92 Å². The number of aliphatic hydroxyl groups excluding tert-OH is 1. The van der Waals surface area contributed by atoms with E-state index in [-0.39, 0.29) is 6.10 Å². The summed E-state index contributed by atoms with van der Waals surface area (Å²) in [6.45, 7) is 8.43. The third-order valence-electron chi connectivity index (χ3n) is 2.51. The molecule has 1 unspecified atom stereocenters. The van der Waals surface area contributed by atoms with Gasteiger partial charge in [0.25, 0.3) is 0 Å². The van der Waals surface area contributed by atoms with Crippen LogP contribution in [0.15, 0.2) is 0 Å². The van der Waals surface area contributed by atoms with Crippen LogP contribution in [0.1, 0.15) is 26.7 Å². The molecule has 0 bridgehead atoms. The third-order valence-corrected chi connectivity index (χ3v) is 2.51. The van der Waals surface area contributed by atoms with E-state index in [0.717, 1.165) is 19.6 Å². The van der Waals surface area contributed by atoms with Crippen molar-refractivity contribution in [3.8, 4) is 0 Å². The Balaban J connectivity index is 1.95. The fourth-order valence-electron chi connectivity index (χ4n) is 1.71. The van der Waals surface area contributed by atoms with Crippen LogP contribution in [0.4, 0.5) is 0 Å². The highest BCUT2D eigenvalue weighted by Crippen LogP contribution is 2.07. The summed E-state index contributed by atoms with van der Waals surface area (Å²) in [5, 5.41) is 9.69. The topological polar surface area (TPSA) is 44.7 Å². The Morgan fingerprint density at radius 3 is 2.60 bits per heavy atom. The second-order valence-corrected chi connectivity index (χ2v) is 4.71. The molecule has 0 saturated carbocycles. The Kier molecular flexibility index (Phi) is 6.17. The van der Waals surface area contributed by atoms with E-state index in [0.29, 0.717) is 19.1 Å². The molecule has 0 spiro atoms. The normalized spacial score (nSPS) is 20.0. The number of hydroxylamine groups is 1. The summed E-state index contributed by atoms with van der Waals surface area (Å²) in [6.07, 6.45) is 2.21. The highest BCUT2D eigenvalue weighted by Gasteiger charge is 2.15. The van der Waals surface area contributed by atoms with Gasteiger partial charge in [0.1, 0.15) is 0 Å². The molecule has 1 saturated heterocycles. The predicted octanol–water partition coefficient (Wildman–Crippen LogP) is 0.620. The molecule has 1 heterocycles. The van der Waals surface area contributed by atoms with Crippen LogP contribution in [0.25, 0.3) is 0 Å². The first-order valence-corrected chi connectivity index (χ1v) is 5.93. The zero-order valence-electron chi connectivity index (χ0n) is 9.91. The fraction of sp³-hybridized carbons (Fsp3) is 1.00. The van der Waals surface area contributed by atoms with E-state index >= 15 is 0 Å². The minimum absolute atomic E-state index is 0.324. The molecular formula is C11H24N2O2. The molecule has 1 aliphatic heterocycles. The number of aliphatic hydroxyl groups is 1. The predicted molar refractivity (Wildman–Crippen MR) is 60.5 cm³/mol. The van der Waals surface area contributed by atoms with E-state index in [4.69, 9.17) is 4.84 Å². The van der Waals surface area contributed by atoms with Crippen LogP contribution in [0.2, 0.25) is 0 Å². The smallest absolute Gasteiger partial charge is 0.0814 e. The molecule has 0 aromatic rings. The minimum Gasteiger partial charge on any atom is -0.390 e. The molecule has 4 nitrogen and oxygen atoms in total. The number of likely N-dealkylation sites (tertiary alicyclic amines) is 1. The van der Waals surface area contributed by atoms with Gasteiger partial charge in [0, 0.05) is 13.1 Å². The van der Waals surface area contributed by atoms with Crippen LogP contribution in [-0.4, -0.2) is 48.9 Å². The van der Waals surface area contributed by atoms with Crippen molar-refractivity contribution in [1.29, 1.82) is 0 Å². The van der Waals surface area contributed by atoms with Crippen molar-refractivity contribution in [1.82, 2.24) is 10.4 Å². The van der Waals surface area contributed by atoms with Crippen LogP contribution < -0.4 is 5.48 Å². The van der Waals surface area contributed by atoms with Crippen molar-refractivity contribution in [3.63, 3.8) is 0 Å². The van der Waals surface area contributed by atoms with E-state index in [1.807, 2.05) is 0 Å². The van der Waals surface area contributed by atoms with Gasteiger partial charge in [-0.05, 0) is 31.8 Å². The monoisotopic (exact) mass is 216 g/mol. The SMILES string of the molecule is CC(C)CONCC(O)CN1CCCC1. The van der Waals surface area contributed by atoms with Gasteiger partial charge in [0.05, 0.1) is 12.7 Å². The van der Waals surface area contributed by atoms with Crippen molar-refractivity contribution in [3.05, 3.63) is 0 Å². The van der Waals surface area contributed by atoms with E-state index in [9.17, 15) is 5.11 Å². The zero-order valence-corrected chi connectivity index (χ0v) is 9.91. The van der Waals surface area contributed by atoms with Crippen molar-refractivity contribution in [2.75, 3.05) is 32.8 Å². The van der Waals surface area contributed by atoms with Gasteiger partial charge in [-0.15, -0.1) is 0 Å². The first-order valence-electron chi connectivity index (χ1n) is 5.93. The van der Waals surface area contributed by atoms with E-state index in [1.165, 1.54) is 12.8 Å². The summed E-state index contributed by atoms with van der Waals surface area (Å²) in [5.74, 6) is 0.522. The maximum Gasteiger partial charge on any atom is 0.0814 e. The molecular weight excluding hydrogens is 192 g/mol. The van der Waals surface area contributed by atoms with Crippen LogP contribution in [0, 0.1) is 5.92 Å². The first-order chi connectivity index (χ1) is 7.18. The standard InChI is InChI=1S/C11H24N2O2/c1-10(2)9-15-12-7-11(14)8-13-5-3-4-6-13/h10-12,14H,3-9H2,1-2H3. The van der Waals surface area contributed by atoms with E-state index in [2.05, 4.69) is 24.2 Å².